The molecule has 0 spiro atoms. The number of sulfonamides is 2. The molecule has 45 heavy (non-hydrogen) atoms. The van der Waals surface area contributed by atoms with Crippen LogP contribution in [0.15, 0.2) is 94.7 Å². The van der Waals surface area contributed by atoms with E-state index < -0.39 is 26.0 Å². The van der Waals surface area contributed by atoms with Crippen molar-refractivity contribution in [3.05, 3.63) is 102 Å². The molecule has 1 aliphatic rings. The Bertz CT molecular complexity index is 1920. The third kappa shape index (κ3) is 7.58. The maximum atomic E-state index is 13.7. The second kappa shape index (κ2) is 13.2. The molecular formula is C33H36N4O6S2. The summed E-state index contributed by atoms with van der Waals surface area (Å²) in [5.41, 5.74) is 3.47. The van der Waals surface area contributed by atoms with Crippen molar-refractivity contribution < 1.29 is 26.4 Å². The lowest BCUT2D eigenvalue weighted by Gasteiger charge is -2.30. The predicted octanol–water partition coefficient (Wildman–Crippen LogP) is 6.16. The van der Waals surface area contributed by atoms with Gasteiger partial charge in [0.05, 0.1) is 23.4 Å². The number of carbonyl (C=O) groups excluding carboxylic acids is 1. The lowest BCUT2D eigenvalue weighted by Crippen LogP contribution is -2.31. The molecule has 0 aliphatic carbocycles. The van der Waals surface area contributed by atoms with E-state index in [2.05, 4.69) is 14.8 Å². The van der Waals surface area contributed by atoms with Crippen LogP contribution in [0, 0.1) is 13.8 Å². The topological polar surface area (TPSA) is 134 Å². The molecule has 1 heterocycles. The fraction of sp³-hybridized carbons (Fsp3) is 0.242. The number of benzene rings is 4. The summed E-state index contributed by atoms with van der Waals surface area (Å²) in [6.07, 6.45) is 2.97. The Labute approximate surface area is 264 Å². The highest BCUT2D eigenvalue weighted by Gasteiger charge is 2.25. The van der Waals surface area contributed by atoms with Gasteiger partial charge in [0, 0.05) is 30.0 Å². The molecular weight excluding hydrogens is 613 g/mol. The van der Waals surface area contributed by atoms with Crippen LogP contribution in [-0.2, 0) is 20.0 Å². The summed E-state index contributed by atoms with van der Waals surface area (Å²) in [7, 11) is -6.53. The summed E-state index contributed by atoms with van der Waals surface area (Å²) in [5.74, 6) is 0.00493. The van der Waals surface area contributed by atoms with Gasteiger partial charge in [-0.15, -0.1) is 0 Å². The van der Waals surface area contributed by atoms with E-state index in [-0.39, 0.29) is 21.0 Å². The van der Waals surface area contributed by atoms with Crippen molar-refractivity contribution in [2.75, 3.05) is 39.9 Å². The number of aryl methyl sites for hydroxylation is 2. The zero-order valence-electron chi connectivity index (χ0n) is 25.3. The first-order valence-electron chi connectivity index (χ1n) is 14.5. The molecule has 4 aromatic carbocycles. The van der Waals surface area contributed by atoms with E-state index >= 15 is 0 Å². The molecule has 10 nitrogen and oxygen atoms in total. The number of piperidine rings is 1. The summed E-state index contributed by atoms with van der Waals surface area (Å²) in [5, 5.41) is 2.74. The molecule has 1 fully saturated rings. The van der Waals surface area contributed by atoms with Crippen molar-refractivity contribution in [3.63, 3.8) is 0 Å². The van der Waals surface area contributed by atoms with E-state index in [1.54, 1.807) is 42.5 Å². The Balaban J connectivity index is 1.41. The molecule has 1 amide bonds. The van der Waals surface area contributed by atoms with Crippen LogP contribution in [0.25, 0.3) is 0 Å². The Hall–Kier alpha value is -4.55. The number of rotatable bonds is 10. The van der Waals surface area contributed by atoms with Crippen LogP contribution in [0.4, 0.5) is 22.7 Å². The number of methoxy groups -OCH3 is 1. The zero-order chi connectivity index (χ0) is 32.2. The summed E-state index contributed by atoms with van der Waals surface area (Å²) in [6.45, 7) is 5.17. The van der Waals surface area contributed by atoms with E-state index in [4.69, 9.17) is 4.74 Å². The van der Waals surface area contributed by atoms with Gasteiger partial charge in [0.25, 0.3) is 26.0 Å². The van der Waals surface area contributed by atoms with Gasteiger partial charge in [0.2, 0.25) is 0 Å². The second-order valence-electron chi connectivity index (χ2n) is 11.0. The van der Waals surface area contributed by atoms with Gasteiger partial charge < -0.3 is 15.0 Å². The molecule has 0 aromatic heterocycles. The van der Waals surface area contributed by atoms with E-state index in [9.17, 15) is 21.6 Å². The third-order valence-electron chi connectivity index (χ3n) is 7.58. The highest BCUT2D eigenvalue weighted by Crippen LogP contribution is 2.32. The van der Waals surface area contributed by atoms with Crippen LogP contribution in [0.3, 0.4) is 0 Å². The van der Waals surface area contributed by atoms with E-state index in [0.717, 1.165) is 30.4 Å². The molecule has 3 N–H and O–H groups in total. The maximum Gasteiger partial charge on any atom is 0.264 e. The van der Waals surface area contributed by atoms with Crippen LogP contribution < -0.4 is 24.4 Å². The first-order valence-corrected chi connectivity index (χ1v) is 17.5. The molecule has 5 rings (SSSR count). The minimum atomic E-state index is -4.07. The molecule has 4 aromatic rings. The third-order valence-corrected chi connectivity index (χ3v) is 10.4. The van der Waals surface area contributed by atoms with Gasteiger partial charge in [0.15, 0.2) is 0 Å². The zero-order valence-corrected chi connectivity index (χ0v) is 27.0. The molecule has 0 unspecified atom stereocenters. The number of ether oxygens (including phenoxy) is 1. The van der Waals surface area contributed by atoms with Gasteiger partial charge in [-0.3, -0.25) is 14.2 Å². The highest BCUT2D eigenvalue weighted by molar-refractivity contribution is 7.93. The van der Waals surface area contributed by atoms with Gasteiger partial charge in [-0.25, -0.2) is 16.8 Å². The van der Waals surface area contributed by atoms with Crippen molar-refractivity contribution in [1.29, 1.82) is 0 Å². The normalized spacial score (nSPS) is 13.6. The summed E-state index contributed by atoms with van der Waals surface area (Å²) in [6, 6.07) is 22.4. The number of amides is 1. The van der Waals surface area contributed by atoms with E-state index in [1.807, 2.05) is 30.9 Å². The highest BCUT2D eigenvalue weighted by atomic mass is 32.2. The average Bonchev–Trinajstić information content (AvgIpc) is 3.03. The van der Waals surface area contributed by atoms with Crippen LogP contribution in [0.1, 0.15) is 40.7 Å². The minimum absolute atomic E-state index is 0.0204. The smallest absolute Gasteiger partial charge is 0.264 e. The van der Waals surface area contributed by atoms with Crippen LogP contribution >= 0.6 is 0 Å². The van der Waals surface area contributed by atoms with Crippen molar-refractivity contribution in [1.82, 2.24) is 0 Å². The van der Waals surface area contributed by atoms with Gasteiger partial charge in [-0.2, -0.15) is 0 Å². The van der Waals surface area contributed by atoms with Gasteiger partial charge in [0.1, 0.15) is 10.6 Å². The van der Waals surface area contributed by atoms with Crippen molar-refractivity contribution in [3.8, 4) is 5.75 Å². The monoisotopic (exact) mass is 648 g/mol. The summed E-state index contributed by atoms with van der Waals surface area (Å²) < 4.78 is 64.2. The largest absolute Gasteiger partial charge is 0.497 e. The lowest BCUT2D eigenvalue weighted by atomic mass is 10.1. The van der Waals surface area contributed by atoms with Crippen molar-refractivity contribution in [2.24, 2.45) is 0 Å². The lowest BCUT2D eigenvalue weighted by molar-refractivity contribution is 0.102. The number of hydrogen-bond acceptors (Lipinski definition) is 7. The molecule has 236 valence electrons. The Morgan fingerprint density at radius 2 is 1.47 bits per heavy atom. The molecule has 12 heteroatoms. The maximum absolute atomic E-state index is 13.7. The summed E-state index contributed by atoms with van der Waals surface area (Å²) >= 11 is 0. The van der Waals surface area contributed by atoms with Crippen LogP contribution in [-0.4, -0.2) is 42.9 Å². The second-order valence-corrected chi connectivity index (χ2v) is 14.3. The van der Waals surface area contributed by atoms with E-state index in [1.165, 1.54) is 37.4 Å². The predicted molar refractivity (Wildman–Crippen MR) is 177 cm³/mol. The quantitative estimate of drug-likeness (QED) is 0.188. The van der Waals surface area contributed by atoms with Crippen molar-refractivity contribution >= 4 is 48.7 Å². The molecule has 0 saturated carbocycles. The molecule has 1 saturated heterocycles. The average molecular weight is 649 g/mol. The van der Waals surface area contributed by atoms with E-state index in [0.29, 0.717) is 35.9 Å². The Morgan fingerprint density at radius 1 is 0.756 bits per heavy atom. The number of nitrogens with one attached hydrogen (secondary N) is 3. The first-order chi connectivity index (χ1) is 21.4. The molecule has 0 bridgehead atoms. The Morgan fingerprint density at radius 3 is 2.16 bits per heavy atom. The fourth-order valence-electron chi connectivity index (χ4n) is 5.21. The Kier molecular flexibility index (Phi) is 9.35. The molecule has 0 atom stereocenters. The molecule has 0 radical (unpaired) electrons. The van der Waals surface area contributed by atoms with Crippen LogP contribution in [0.2, 0.25) is 0 Å². The SMILES string of the molecule is COc1ccc(NS(=O)(=O)c2cc(NC(=O)c3cccc(S(=O)(=O)Nc4ccc(C)cc4C)c3)ccc2N2CCCCC2)cc1. The van der Waals surface area contributed by atoms with Gasteiger partial charge in [-0.05, 0) is 105 Å². The van der Waals surface area contributed by atoms with Gasteiger partial charge in [-0.1, -0.05) is 23.8 Å². The number of nitrogens with zero attached hydrogens (tertiary/aromatic N) is 1. The number of carbonyl (C=O) groups is 1. The van der Waals surface area contributed by atoms with Crippen LogP contribution in [0.5, 0.6) is 5.75 Å². The summed E-state index contributed by atoms with van der Waals surface area (Å²) in [4.78, 5) is 15.3. The number of anilines is 4. The van der Waals surface area contributed by atoms with Gasteiger partial charge >= 0.3 is 0 Å². The first kappa shape index (κ1) is 31.9. The number of hydrogen-bond donors (Lipinski definition) is 3. The van der Waals surface area contributed by atoms with Crippen molar-refractivity contribution in [2.45, 2.75) is 42.9 Å². The molecule has 1 aliphatic heterocycles. The standard InChI is InChI=1S/C33H36N4O6S2/c1-23-10-16-30(24(2)20-23)36-44(39,40)29-9-7-8-25(21-29)33(38)34-27-13-17-31(37-18-5-4-6-19-37)32(22-27)45(41,42)35-26-11-14-28(43-3)15-12-26/h7-17,20-22,35-36H,4-6,18-19H2,1-3H3,(H,34,38). The minimum Gasteiger partial charge on any atom is -0.497 e. The fourth-order valence-corrected chi connectivity index (χ4v) is 7.70.